The average Bonchev–Trinajstić information content (AvgIpc) is 2.57. The summed E-state index contributed by atoms with van der Waals surface area (Å²) in [4.78, 5) is 25.7. The van der Waals surface area contributed by atoms with E-state index in [0.717, 1.165) is 6.42 Å². The van der Waals surface area contributed by atoms with E-state index in [9.17, 15) is 18.4 Å². The lowest BCUT2D eigenvalue weighted by Crippen LogP contribution is -2.45. The van der Waals surface area contributed by atoms with E-state index in [0.29, 0.717) is 32.7 Å². The minimum absolute atomic E-state index is 0.131. The Labute approximate surface area is 153 Å². The van der Waals surface area contributed by atoms with Crippen LogP contribution in [-0.4, -0.2) is 68.2 Å². The van der Waals surface area contributed by atoms with Crippen molar-refractivity contribution in [2.45, 2.75) is 63.5 Å². The lowest BCUT2D eigenvalue weighted by atomic mass is 9.83. The maximum Gasteiger partial charge on any atom is 0.251 e. The van der Waals surface area contributed by atoms with Crippen molar-refractivity contribution in [2.24, 2.45) is 5.92 Å². The van der Waals surface area contributed by atoms with E-state index in [2.05, 4.69) is 5.32 Å². The van der Waals surface area contributed by atoms with E-state index >= 15 is 0 Å². The largest absolute Gasteiger partial charge is 0.376 e. The highest BCUT2D eigenvalue weighted by Crippen LogP contribution is 2.40. The Kier molecular flexibility index (Phi) is 7.76. The van der Waals surface area contributed by atoms with Crippen LogP contribution in [0.15, 0.2) is 0 Å². The molecule has 1 aliphatic carbocycles. The molecule has 1 aliphatic heterocycles. The summed E-state index contributed by atoms with van der Waals surface area (Å²) in [5.41, 5.74) is 0. The molecule has 6 nitrogen and oxygen atoms in total. The quantitative estimate of drug-likeness (QED) is 0.738. The van der Waals surface area contributed by atoms with E-state index in [4.69, 9.17) is 9.47 Å². The third-order valence-corrected chi connectivity index (χ3v) is 5.01. The molecule has 0 aromatic carbocycles. The van der Waals surface area contributed by atoms with Crippen LogP contribution < -0.4 is 5.32 Å². The van der Waals surface area contributed by atoms with Crippen LogP contribution in [0.2, 0.25) is 0 Å². The van der Waals surface area contributed by atoms with Crippen LogP contribution in [0, 0.1) is 5.92 Å². The van der Waals surface area contributed by atoms with Crippen molar-refractivity contribution in [1.82, 2.24) is 10.2 Å². The van der Waals surface area contributed by atoms with Gasteiger partial charge in [0.1, 0.15) is 0 Å². The van der Waals surface area contributed by atoms with Gasteiger partial charge in [-0.15, -0.1) is 0 Å². The smallest absolute Gasteiger partial charge is 0.251 e. The lowest BCUT2D eigenvalue weighted by molar-refractivity contribution is -0.140. The number of carbonyl (C=O) groups excluding carboxylic acids is 2. The summed E-state index contributed by atoms with van der Waals surface area (Å²) in [6.45, 7) is 3.49. The average molecular weight is 376 g/mol. The molecule has 0 spiro atoms. The zero-order valence-corrected chi connectivity index (χ0v) is 15.6. The van der Waals surface area contributed by atoms with Crippen LogP contribution in [0.1, 0.15) is 45.4 Å². The molecule has 26 heavy (non-hydrogen) atoms. The van der Waals surface area contributed by atoms with Crippen LogP contribution in [-0.2, 0) is 19.1 Å². The SMILES string of the molecule is CC(CN(C)C(=O)CC1CCCCC1(F)F)NC(=O)CC1COCCO1. The Hall–Kier alpha value is -1.28. The van der Waals surface area contributed by atoms with Crippen molar-refractivity contribution < 1.29 is 27.8 Å². The maximum absolute atomic E-state index is 13.9. The lowest BCUT2D eigenvalue weighted by Gasteiger charge is -2.32. The van der Waals surface area contributed by atoms with Gasteiger partial charge in [0.25, 0.3) is 5.92 Å². The topological polar surface area (TPSA) is 67.9 Å². The molecule has 1 heterocycles. The van der Waals surface area contributed by atoms with Gasteiger partial charge < -0.3 is 19.7 Å². The Bertz CT molecular complexity index is 484. The predicted molar refractivity (Wildman–Crippen MR) is 91.9 cm³/mol. The number of nitrogens with zero attached hydrogens (tertiary/aromatic N) is 1. The van der Waals surface area contributed by atoms with Gasteiger partial charge in [0.15, 0.2) is 0 Å². The van der Waals surface area contributed by atoms with Gasteiger partial charge >= 0.3 is 0 Å². The Balaban J connectivity index is 1.72. The Morgan fingerprint density at radius 3 is 2.69 bits per heavy atom. The van der Waals surface area contributed by atoms with Gasteiger partial charge in [-0.3, -0.25) is 9.59 Å². The van der Waals surface area contributed by atoms with Crippen LogP contribution in [0.25, 0.3) is 0 Å². The third-order valence-electron chi connectivity index (χ3n) is 5.01. The number of hydrogen-bond acceptors (Lipinski definition) is 4. The van der Waals surface area contributed by atoms with Gasteiger partial charge in [0.05, 0.1) is 32.3 Å². The first-order valence-corrected chi connectivity index (χ1v) is 9.38. The molecule has 2 rings (SSSR count). The number of likely N-dealkylation sites (N-methyl/N-ethyl adjacent to an activating group) is 1. The fraction of sp³-hybridized carbons (Fsp3) is 0.889. The highest BCUT2D eigenvalue weighted by atomic mass is 19.3. The van der Waals surface area contributed by atoms with Gasteiger partial charge in [-0.1, -0.05) is 6.42 Å². The minimum Gasteiger partial charge on any atom is -0.376 e. The van der Waals surface area contributed by atoms with Crippen molar-refractivity contribution in [3.05, 3.63) is 0 Å². The van der Waals surface area contributed by atoms with E-state index < -0.39 is 11.8 Å². The fourth-order valence-electron chi connectivity index (χ4n) is 3.54. The van der Waals surface area contributed by atoms with Crippen molar-refractivity contribution >= 4 is 11.8 Å². The Morgan fingerprint density at radius 2 is 2.04 bits per heavy atom. The number of ether oxygens (including phenoxy) is 2. The summed E-state index contributed by atoms with van der Waals surface area (Å²) in [6, 6.07) is -0.271. The molecular formula is C18H30F2N2O4. The van der Waals surface area contributed by atoms with E-state index in [1.165, 1.54) is 4.90 Å². The van der Waals surface area contributed by atoms with Gasteiger partial charge in [-0.2, -0.15) is 0 Å². The van der Waals surface area contributed by atoms with Crippen LogP contribution in [0.4, 0.5) is 8.78 Å². The maximum atomic E-state index is 13.9. The van der Waals surface area contributed by atoms with Gasteiger partial charge in [0.2, 0.25) is 11.8 Å². The van der Waals surface area contributed by atoms with Crippen molar-refractivity contribution in [3.63, 3.8) is 0 Å². The molecule has 0 aromatic heterocycles. The highest BCUT2D eigenvalue weighted by molar-refractivity contribution is 5.78. The van der Waals surface area contributed by atoms with Crippen molar-refractivity contribution in [2.75, 3.05) is 33.4 Å². The van der Waals surface area contributed by atoms with E-state index in [1.807, 2.05) is 0 Å². The zero-order chi connectivity index (χ0) is 19.2. The summed E-state index contributed by atoms with van der Waals surface area (Å²) < 4.78 is 38.5. The summed E-state index contributed by atoms with van der Waals surface area (Å²) in [5, 5.41) is 2.82. The van der Waals surface area contributed by atoms with Gasteiger partial charge in [0, 0.05) is 38.4 Å². The minimum atomic E-state index is -2.75. The second-order valence-corrected chi connectivity index (χ2v) is 7.42. The van der Waals surface area contributed by atoms with Crippen LogP contribution >= 0.6 is 0 Å². The van der Waals surface area contributed by atoms with Crippen LogP contribution in [0.5, 0.6) is 0 Å². The number of rotatable bonds is 7. The van der Waals surface area contributed by atoms with E-state index in [-0.39, 0.29) is 49.8 Å². The molecule has 1 saturated heterocycles. The van der Waals surface area contributed by atoms with Crippen molar-refractivity contribution in [3.8, 4) is 0 Å². The van der Waals surface area contributed by atoms with Gasteiger partial charge in [-0.05, 0) is 19.8 Å². The first kappa shape index (κ1) is 21.0. The second-order valence-electron chi connectivity index (χ2n) is 7.42. The third kappa shape index (κ3) is 6.46. The molecule has 150 valence electrons. The number of carbonyl (C=O) groups is 2. The number of halogens is 2. The first-order chi connectivity index (χ1) is 12.3. The predicted octanol–water partition coefficient (Wildman–Crippen LogP) is 1.97. The number of alkyl halides is 2. The molecular weight excluding hydrogens is 346 g/mol. The molecule has 3 atom stereocenters. The molecule has 1 saturated carbocycles. The van der Waals surface area contributed by atoms with Gasteiger partial charge in [-0.25, -0.2) is 8.78 Å². The number of nitrogens with one attached hydrogen (secondary N) is 1. The summed E-state index contributed by atoms with van der Waals surface area (Å²) in [6.07, 6.45) is 1.34. The second kappa shape index (κ2) is 9.60. The number of hydrogen-bond donors (Lipinski definition) is 1. The summed E-state index contributed by atoms with van der Waals surface area (Å²) in [7, 11) is 1.59. The highest BCUT2D eigenvalue weighted by Gasteiger charge is 2.42. The number of amides is 2. The molecule has 2 aliphatic rings. The fourth-order valence-corrected chi connectivity index (χ4v) is 3.54. The standard InChI is InChI=1S/C18H30F2N2O4/c1-13(21-16(23)10-15-12-25-7-8-26-15)11-22(2)17(24)9-14-5-3-4-6-18(14,19)20/h13-15H,3-12H2,1-2H3,(H,21,23). The molecule has 8 heteroatoms. The van der Waals surface area contributed by atoms with Crippen molar-refractivity contribution in [1.29, 1.82) is 0 Å². The Morgan fingerprint density at radius 1 is 1.27 bits per heavy atom. The molecule has 3 unspecified atom stereocenters. The normalized spacial score (nSPS) is 26.8. The molecule has 0 radical (unpaired) electrons. The molecule has 1 N–H and O–H groups in total. The van der Waals surface area contributed by atoms with E-state index in [1.54, 1.807) is 14.0 Å². The molecule has 0 aromatic rings. The molecule has 2 amide bonds. The first-order valence-electron chi connectivity index (χ1n) is 9.38. The molecule has 2 fully saturated rings. The summed E-state index contributed by atoms with van der Waals surface area (Å²) in [5.74, 6) is -4.11. The monoisotopic (exact) mass is 376 g/mol. The zero-order valence-electron chi connectivity index (χ0n) is 15.6. The van der Waals surface area contributed by atoms with Crippen LogP contribution in [0.3, 0.4) is 0 Å². The molecule has 0 bridgehead atoms. The summed E-state index contributed by atoms with van der Waals surface area (Å²) >= 11 is 0.